The standard InChI is InChI=1S/C15H20O5/c1-2-15(5-18-6-15)7-19-13(16)11-8-3-9-10(4-8)20-14(17)12(9)11/h8-12H,2-7H2,1H3. The normalized spacial score (nSPS) is 43.2. The van der Waals surface area contributed by atoms with Crippen molar-refractivity contribution >= 4 is 11.9 Å². The van der Waals surface area contributed by atoms with Gasteiger partial charge in [0.05, 0.1) is 30.5 Å². The smallest absolute Gasteiger partial charge is 0.310 e. The van der Waals surface area contributed by atoms with Crippen molar-refractivity contribution in [3.63, 3.8) is 0 Å². The van der Waals surface area contributed by atoms with Crippen molar-refractivity contribution in [3.05, 3.63) is 0 Å². The lowest BCUT2D eigenvalue weighted by Gasteiger charge is -2.40. The number of carbonyl (C=O) groups excluding carboxylic acids is 2. The number of carbonyl (C=O) groups is 2. The predicted octanol–water partition coefficient (Wildman–Crippen LogP) is 1.15. The second-order valence-corrected chi connectivity index (χ2v) is 6.88. The van der Waals surface area contributed by atoms with Gasteiger partial charge in [0, 0.05) is 5.92 Å². The van der Waals surface area contributed by atoms with Crippen LogP contribution in [-0.2, 0) is 23.8 Å². The zero-order valence-electron chi connectivity index (χ0n) is 11.7. The first-order valence-electron chi connectivity index (χ1n) is 7.58. The molecule has 20 heavy (non-hydrogen) atoms. The zero-order chi connectivity index (χ0) is 13.9. The van der Waals surface area contributed by atoms with E-state index in [9.17, 15) is 9.59 Å². The summed E-state index contributed by atoms with van der Waals surface area (Å²) in [4.78, 5) is 24.3. The highest BCUT2D eigenvalue weighted by atomic mass is 16.6. The molecule has 2 bridgehead atoms. The molecule has 4 aliphatic rings. The van der Waals surface area contributed by atoms with Gasteiger partial charge in [-0.2, -0.15) is 0 Å². The summed E-state index contributed by atoms with van der Waals surface area (Å²) >= 11 is 0. The summed E-state index contributed by atoms with van der Waals surface area (Å²) in [5.74, 6) is -0.331. The van der Waals surface area contributed by atoms with Crippen molar-refractivity contribution in [2.75, 3.05) is 19.8 Å². The summed E-state index contributed by atoms with van der Waals surface area (Å²) in [6.45, 7) is 3.84. The molecule has 0 radical (unpaired) electrons. The van der Waals surface area contributed by atoms with Gasteiger partial charge in [0.2, 0.25) is 0 Å². The molecule has 2 saturated heterocycles. The van der Waals surface area contributed by atoms with Gasteiger partial charge in [-0.3, -0.25) is 9.59 Å². The van der Waals surface area contributed by atoms with Crippen LogP contribution in [0.25, 0.3) is 0 Å². The fraction of sp³-hybridized carbons (Fsp3) is 0.867. The first-order chi connectivity index (χ1) is 9.63. The molecule has 2 saturated carbocycles. The number of esters is 2. The zero-order valence-corrected chi connectivity index (χ0v) is 11.7. The van der Waals surface area contributed by atoms with Crippen LogP contribution in [0, 0.1) is 29.1 Å². The maximum atomic E-state index is 12.4. The second-order valence-electron chi connectivity index (χ2n) is 6.88. The molecule has 2 heterocycles. The summed E-state index contributed by atoms with van der Waals surface area (Å²) < 4.78 is 16.1. The Morgan fingerprint density at radius 2 is 2.20 bits per heavy atom. The van der Waals surface area contributed by atoms with E-state index in [2.05, 4.69) is 6.92 Å². The van der Waals surface area contributed by atoms with Crippen LogP contribution in [0.4, 0.5) is 0 Å². The molecule has 4 fully saturated rings. The average molecular weight is 280 g/mol. The molecule has 0 aromatic heterocycles. The maximum absolute atomic E-state index is 12.4. The van der Waals surface area contributed by atoms with Crippen molar-refractivity contribution in [1.29, 1.82) is 0 Å². The summed E-state index contributed by atoms with van der Waals surface area (Å²) in [6.07, 6.45) is 2.81. The molecular formula is C15H20O5. The maximum Gasteiger partial charge on any atom is 0.310 e. The molecule has 5 heteroatoms. The Kier molecular flexibility index (Phi) is 2.65. The molecule has 0 aromatic rings. The Morgan fingerprint density at radius 3 is 2.85 bits per heavy atom. The molecule has 110 valence electrons. The fourth-order valence-corrected chi connectivity index (χ4v) is 4.43. The first-order valence-corrected chi connectivity index (χ1v) is 7.58. The van der Waals surface area contributed by atoms with Crippen molar-refractivity contribution in [1.82, 2.24) is 0 Å². The molecule has 2 aliphatic carbocycles. The number of rotatable bonds is 4. The van der Waals surface area contributed by atoms with E-state index in [-0.39, 0.29) is 47.1 Å². The molecule has 5 unspecified atom stereocenters. The topological polar surface area (TPSA) is 61.8 Å². The lowest BCUT2D eigenvalue weighted by molar-refractivity contribution is -0.177. The van der Waals surface area contributed by atoms with Crippen molar-refractivity contribution in [2.24, 2.45) is 29.1 Å². The fourth-order valence-electron chi connectivity index (χ4n) is 4.43. The Balaban J connectivity index is 1.43. The van der Waals surface area contributed by atoms with Gasteiger partial charge in [-0.25, -0.2) is 0 Å². The van der Waals surface area contributed by atoms with Crippen LogP contribution in [0.2, 0.25) is 0 Å². The van der Waals surface area contributed by atoms with E-state index in [0.29, 0.717) is 19.8 Å². The summed E-state index contributed by atoms with van der Waals surface area (Å²) in [5, 5.41) is 0. The van der Waals surface area contributed by atoms with Crippen LogP contribution in [0.5, 0.6) is 0 Å². The number of ether oxygens (including phenoxy) is 3. The van der Waals surface area contributed by atoms with Gasteiger partial charge in [0.15, 0.2) is 0 Å². The number of fused-ring (bicyclic) bond motifs is 1. The third-order valence-electron chi connectivity index (χ3n) is 5.84. The average Bonchev–Trinajstić information content (AvgIpc) is 2.98. The van der Waals surface area contributed by atoms with E-state index in [1.165, 1.54) is 0 Å². The predicted molar refractivity (Wildman–Crippen MR) is 67.6 cm³/mol. The van der Waals surface area contributed by atoms with E-state index in [1.54, 1.807) is 0 Å². The monoisotopic (exact) mass is 280 g/mol. The molecule has 0 aromatic carbocycles. The Hall–Kier alpha value is -1.10. The third kappa shape index (κ3) is 1.59. The third-order valence-corrected chi connectivity index (χ3v) is 5.84. The highest BCUT2D eigenvalue weighted by molar-refractivity contribution is 5.85. The van der Waals surface area contributed by atoms with Crippen LogP contribution in [0.1, 0.15) is 26.2 Å². The molecule has 5 atom stereocenters. The molecule has 5 nitrogen and oxygen atoms in total. The van der Waals surface area contributed by atoms with Gasteiger partial charge in [-0.1, -0.05) is 6.92 Å². The van der Waals surface area contributed by atoms with Crippen LogP contribution in [0.3, 0.4) is 0 Å². The first kappa shape index (κ1) is 12.6. The SMILES string of the molecule is CCC1(COC(=O)C2C3CC4OC(=O)C2C4C3)COC1. The van der Waals surface area contributed by atoms with Crippen LogP contribution >= 0.6 is 0 Å². The minimum atomic E-state index is -0.263. The van der Waals surface area contributed by atoms with Gasteiger partial charge in [0.25, 0.3) is 0 Å². The van der Waals surface area contributed by atoms with E-state index < -0.39 is 0 Å². The van der Waals surface area contributed by atoms with Gasteiger partial charge in [-0.15, -0.1) is 0 Å². The lowest BCUT2D eigenvalue weighted by Crippen LogP contribution is -2.47. The van der Waals surface area contributed by atoms with Crippen molar-refractivity contribution in [2.45, 2.75) is 32.3 Å². The molecule has 0 N–H and O–H groups in total. The summed E-state index contributed by atoms with van der Waals surface area (Å²) in [5.41, 5.74) is 0.00595. The van der Waals surface area contributed by atoms with E-state index in [4.69, 9.17) is 14.2 Å². The Morgan fingerprint density at radius 1 is 1.40 bits per heavy atom. The number of hydrogen-bond donors (Lipinski definition) is 0. The minimum Gasteiger partial charge on any atom is -0.465 e. The van der Waals surface area contributed by atoms with Gasteiger partial charge < -0.3 is 14.2 Å². The highest BCUT2D eigenvalue weighted by Gasteiger charge is 2.64. The van der Waals surface area contributed by atoms with Gasteiger partial charge >= 0.3 is 11.9 Å². The lowest BCUT2D eigenvalue weighted by atomic mass is 9.80. The highest BCUT2D eigenvalue weighted by Crippen LogP contribution is 2.58. The van der Waals surface area contributed by atoms with Gasteiger partial charge in [0.1, 0.15) is 12.7 Å². The molecule has 0 amide bonds. The van der Waals surface area contributed by atoms with E-state index in [0.717, 1.165) is 19.3 Å². The number of hydrogen-bond acceptors (Lipinski definition) is 5. The molecule has 2 aliphatic heterocycles. The van der Waals surface area contributed by atoms with Crippen molar-refractivity contribution < 1.29 is 23.8 Å². The minimum absolute atomic E-state index is 0.00595. The van der Waals surface area contributed by atoms with Crippen LogP contribution in [-0.4, -0.2) is 37.9 Å². The van der Waals surface area contributed by atoms with Crippen LogP contribution in [0.15, 0.2) is 0 Å². The Labute approximate surface area is 117 Å². The second kappa shape index (κ2) is 4.20. The van der Waals surface area contributed by atoms with Crippen LogP contribution < -0.4 is 0 Å². The van der Waals surface area contributed by atoms with E-state index >= 15 is 0 Å². The summed E-state index contributed by atoms with van der Waals surface area (Å²) in [7, 11) is 0. The van der Waals surface area contributed by atoms with Crippen molar-refractivity contribution in [3.8, 4) is 0 Å². The van der Waals surface area contributed by atoms with E-state index in [1.807, 2.05) is 0 Å². The molecular weight excluding hydrogens is 260 g/mol. The Bertz CT molecular complexity index is 448. The van der Waals surface area contributed by atoms with Gasteiger partial charge in [-0.05, 0) is 25.2 Å². The molecule has 4 rings (SSSR count). The summed E-state index contributed by atoms with van der Waals surface area (Å²) in [6, 6.07) is 0. The largest absolute Gasteiger partial charge is 0.465 e. The molecule has 0 spiro atoms. The quantitative estimate of drug-likeness (QED) is 0.723.